The summed E-state index contributed by atoms with van der Waals surface area (Å²) in [4.78, 5) is 34.8. The summed E-state index contributed by atoms with van der Waals surface area (Å²) in [6.07, 6.45) is 6.40. The van der Waals surface area contributed by atoms with Gasteiger partial charge in [0, 0.05) is 24.2 Å². The number of halogens is 1. The molecule has 3 aromatic rings. The summed E-state index contributed by atoms with van der Waals surface area (Å²) in [5, 5.41) is 12.7. The van der Waals surface area contributed by atoms with Crippen molar-refractivity contribution in [3.05, 3.63) is 76.7 Å². The molecule has 3 heterocycles. The van der Waals surface area contributed by atoms with Crippen LogP contribution in [0.25, 0.3) is 0 Å². The molecule has 160 valence electrons. The zero-order valence-corrected chi connectivity index (χ0v) is 17.4. The van der Waals surface area contributed by atoms with Gasteiger partial charge in [0.25, 0.3) is 5.91 Å². The van der Waals surface area contributed by atoms with Gasteiger partial charge in [0.05, 0.1) is 24.5 Å². The van der Waals surface area contributed by atoms with Crippen LogP contribution in [0, 0.1) is 0 Å². The molecule has 0 bridgehead atoms. The number of aromatic nitrogens is 2. The third kappa shape index (κ3) is 5.03. The van der Waals surface area contributed by atoms with E-state index in [1.807, 2.05) is 24.3 Å². The standard InChI is InChI=1S/C22H21ClN4O4/c23-16-5-3-14(4-6-16)8-18-12-26-22(31-18)19-2-1-7-27(19)20(29)13-25-21(30)15-9-17(28)11-24-10-15/h3-6,9-12,19,28H,1-2,7-8,13H2,(H,25,30)/t19-/m0/s1. The number of likely N-dealkylation sites (tertiary alicyclic amines) is 1. The number of amides is 2. The topological polar surface area (TPSA) is 109 Å². The van der Waals surface area contributed by atoms with E-state index in [1.54, 1.807) is 11.1 Å². The molecule has 0 saturated carbocycles. The molecular formula is C22H21ClN4O4. The molecule has 2 amide bonds. The van der Waals surface area contributed by atoms with Gasteiger partial charge in [-0.1, -0.05) is 23.7 Å². The highest BCUT2D eigenvalue weighted by molar-refractivity contribution is 6.30. The summed E-state index contributed by atoms with van der Waals surface area (Å²) in [6.45, 7) is 0.408. The first-order chi connectivity index (χ1) is 15.0. The molecule has 31 heavy (non-hydrogen) atoms. The lowest BCUT2D eigenvalue weighted by atomic mass is 10.1. The summed E-state index contributed by atoms with van der Waals surface area (Å²) >= 11 is 5.92. The predicted octanol–water partition coefficient (Wildman–Crippen LogP) is 3.11. The molecule has 9 heteroatoms. The maximum Gasteiger partial charge on any atom is 0.253 e. The lowest BCUT2D eigenvalue weighted by molar-refractivity contribution is -0.131. The van der Waals surface area contributed by atoms with Crippen LogP contribution in [-0.2, 0) is 11.2 Å². The molecule has 0 radical (unpaired) electrons. The molecule has 2 aromatic heterocycles. The van der Waals surface area contributed by atoms with Crippen molar-refractivity contribution < 1.29 is 19.1 Å². The largest absolute Gasteiger partial charge is 0.506 e. The van der Waals surface area contributed by atoms with Crippen LogP contribution >= 0.6 is 11.6 Å². The van der Waals surface area contributed by atoms with E-state index in [1.165, 1.54) is 18.5 Å². The Morgan fingerprint density at radius 3 is 2.81 bits per heavy atom. The Labute approximate surface area is 183 Å². The molecule has 1 aliphatic heterocycles. The summed E-state index contributed by atoms with van der Waals surface area (Å²) in [6, 6.07) is 8.55. The van der Waals surface area contributed by atoms with Gasteiger partial charge in [0.2, 0.25) is 11.8 Å². The third-order valence-corrected chi connectivity index (χ3v) is 5.36. The predicted molar refractivity (Wildman–Crippen MR) is 113 cm³/mol. The van der Waals surface area contributed by atoms with Gasteiger partial charge in [-0.15, -0.1) is 0 Å². The fourth-order valence-corrected chi connectivity index (χ4v) is 3.72. The Hall–Kier alpha value is -3.39. The maximum atomic E-state index is 12.7. The minimum absolute atomic E-state index is 0.114. The van der Waals surface area contributed by atoms with Crippen molar-refractivity contribution in [2.75, 3.05) is 13.1 Å². The number of hydrogen-bond acceptors (Lipinski definition) is 6. The molecule has 1 aromatic carbocycles. The molecule has 1 fully saturated rings. The smallest absolute Gasteiger partial charge is 0.253 e. The van der Waals surface area contributed by atoms with Gasteiger partial charge in [-0.25, -0.2) is 4.98 Å². The van der Waals surface area contributed by atoms with Crippen molar-refractivity contribution in [3.8, 4) is 5.75 Å². The summed E-state index contributed by atoms with van der Waals surface area (Å²) < 4.78 is 5.93. The van der Waals surface area contributed by atoms with Crippen LogP contribution in [0.3, 0.4) is 0 Å². The number of aromatic hydroxyl groups is 1. The Kier molecular flexibility index (Phi) is 6.18. The Morgan fingerprint density at radius 2 is 2.03 bits per heavy atom. The first kappa shape index (κ1) is 20.9. The lowest BCUT2D eigenvalue weighted by Gasteiger charge is -2.22. The van der Waals surface area contributed by atoms with Crippen LogP contribution in [0.2, 0.25) is 5.02 Å². The lowest BCUT2D eigenvalue weighted by Crippen LogP contribution is -2.40. The monoisotopic (exact) mass is 440 g/mol. The molecule has 1 atom stereocenters. The van der Waals surface area contributed by atoms with Gasteiger partial charge in [0.15, 0.2) is 0 Å². The number of pyridine rings is 1. The van der Waals surface area contributed by atoms with Crippen LogP contribution in [0.5, 0.6) is 5.75 Å². The fraction of sp³-hybridized carbons (Fsp3) is 0.273. The van der Waals surface area contributed by atoms with Crippen LogP contribution in [-0.4, -0.2) is 44.9 Å². The molecule has 2 N–H and O–H groups in total. The molecule has 0 unspecified atom stereocenters. The molecule has 4 rings (SSSR count). The van der Waals surface area contributed by atoms with Gasteiger partial charge in [0.1, 0.15) is 17.6 Å². The Morgan fingerprint density at radius 1 is 1.23 bits per heavy atom. The van der Waals surface area contributed by atoms with E-state index in [2.05, 4.69) is 15.3 Å². The van der Waals surface area contributed by atoms with E-state index in [4.69, 9.17) is 16.0 Å². The number of rotatable bonds is 6. The van der Waals surface area contributed by atoms with E-state index < -0.39 is 5.91 Å². The summed E-state index contributed by atoms with van der Waals surface area (Å²) in [7, 11) is 0. The van der Waals surface area contributed by atoms with Gasteiger partial charge in [-0.2, -0.15) is 0 Å². The second kappa shape index (κ2) is 9.18. The maximum absolute atomic E-state index is 12.7. The quantitative estimate of drug-likeness (QED) is 0.609. The number of nitrogens with one attached hydrogen (secondary N) is 1. The van der Waals surface area contributed by atoms with Gasteiger partial charge in [-0.05, 0) is 36.6 Å². The molecule has 8 nitrogen and oxygen atoms in total. The van der Waals surface area contributed by atoms with Crippen molar-refractivity contribution in [1.82, 2.24) is 20.2 Å². The van der Waals surface area contributed by atoms with E-state index >= 15 is 0 Å². The summed E-state index contributed by atoms with van der Waals surface area (Å²) in [5.41, 5.74) is 1.24. The number of carbonyl (C=O) groups excluding carboxylic acids is 2. The second-order valence-corrected chi connectivity index (χ2v) is 7.76. The zero-order chi connectivity index (χ0) is 21.8. The highest BCUT2D eigenvalue weighted by Crippen LogP contribution is 2.32. The van der Waals surface area contributed by atoms with Crippen LogP contribution < -0.4 is 5.32 Å². The summed E-state index contributed by atoms with van der Waals surface area (Å²) in [5.74, 6) is 0.395. The molecule has 1 aliphatic rings. The minimum Gasteiger partial charge on any atom is -0.506 e. The number of hydrogen-bond donors (Lipinski definition) is 2. The fourth-order valence-electron chi connectivity index (χ4n) is 3.60. The highest BCUT2D eigenvalue weighted by Gasteiger charge is 2.33. The molecular weight excluding hydrogens is 420 g/mol. The second-order valence-electron chi connectivity index (χ2n) is 7.33. The molecule has 1 saturated heterocycles. The average molecular weight is 441 g/mol. The van der Waals surface area contributed by atoms with E-state index in [9.17, 15) is 14.7 Å². The van der Waals surface area contributed by atoms with Crippen LogP contribution in [0.4, 0.5) is 0 Å². The number of benzene rings is 1. The SMILES string of the molecule is O=C(NCC(=O)N1CCC[C@H]1c1ncc(Cc2ccc(Cl)cc2)o1)c1cncc(O)c1. The third-order valence-electron chi connectivity index (χ3n) is 5.11. The van der Waals surface area contributed by atoms with Crippen molar-refractivity contribution in [2.24, 2.45) is 0 Å². The van der Waals surface area contributed by atoms with Gasteiger partial charge >= 0.3 is 0 Å². The number of nitrogens with zero attached hydrogens (tertiary/aromatic N) is 3. The number of oxazole rings is 1. The van der Waals surface area contributed by atoms with E-state index in [0.29, 0.717) is 29.6 Å². The van der Waals surface area contributed by atoms with Crippen molar-refractivity contribution in [2.45, 2.75) is 25.3 Å². The Balaban J connectivity index is 1.37. The molecule has 0 aliphatic carbocycles. The van der Waals surface area contributed by atoms with Crippen LogP contribution in [0.1, 0.15) is 46.5 Å². The normalized spacial score (nSPS) is 15.8. The van der Waals surface area contributed by atoms with E-state index in [0.717, 1.165) is 18.4 Å². The van der Waals surface area contributed by atoms with Crippen molar-refractivity contribution in [3.63, 3.8) is 0 Å². The molecule has 0 spiro atoms. The van der Waals surface area contributed by atoms with Gasteiger partial charge in [-0.3, -0.25) is 14.6 Å². The van der Waals surface area contributed by atoms with Crippen LogP contribution in [0.15, 0.2) is 53.3 Å². The first-order valence-corrected chi connectivity index (χ1v) is 10.3. The van der Waals surface area contributed by atoms with Crippen molar-refractivity contribution in [1.29, 1.82) is 0 Å². The van der Waals surface area contributed by atoms with Gasteiger partial charge < -0.3 is 19.7 Å². The van der Waals surface area contributed by atoms with Crippen molar-refractivity contribution >= 4 is 23.4 Å². The average Bonchev–Trinajstić information content (AvgIpc) is 3.43. The number of carbonyl (C=O) groups is 2. The first-order valence-electron chi connectivity index (χ1n) is 9.90. The van der Waals surface area contributed by atoms with E-state index in [-0.39, 0.29) is 29.8 Å². The highest BCUT2D eigenvalue weighted by atomic mass is 35.5. The zero-order valence-electron chi connectivity index (χ0n) is 16.6. The minimum atomic E-state index is -0.478. The Bertz CT molecular complexity index is 1080.